The van der Waals surface area contributed by atoms with E-state index in [9.17, 15) is 0 Å². The highest BCUT2D eigenvalue weighted by Gasteiger charge is 2.50. The van der Waals surface area contributed by atoms with Crippen molar-refractivity contribution < 1.29 is 0 Å². The number of hydrogen-bond acceptors (Lipinski definition) is 4. The summed E-state index contributed by atoms with van der Waals surface area (Å²) in [5.74, 6) is 2.06. The van der Waals surface area contributed by atoms with Crippen LogP contribution in [-0.4, -0.2) is 46.6 Å². The van der Waals surface area contributed by atoms with Gasteiger partial charge >= 0.3 is 0 Å². The van der Waals surface area contributed by atoms with Gasteiger partial charge in [0.15, 0.2) is 0 Å². The van der Waals surface area contributed by atoms with Crippen LogP contribution in [0.2, 0.25) is 0 Å². The quantitative estimate of drug-likeness (QED) is 0.807. The zero-order valence-corrected chi connectivity index (χ0v) is 10.8. The number of rotatable bonds is 3. The first kappa shape index (κ1) is 10.7. The smallest absolute Gasteiger partial charge is 0.147 e. The summed E-state index contributed by atoms with van der Waals surface area (Å²) in [5.41, 5.74) is 0.472. The van der Waals surface area contributed by atoms with E-state index in [4.69, 9.17) is 0 Å². The van der Waals surface area contributed by atoms with Gasteiger partial charge in [0.2, 0.25) is 0 Å². The van der Waals surface area contributed by atoms with Crippen LogP contribution >= 0.6 is 0 Å². The second-order valence-corrected chi connectivity index (χ2v) is 6.10. The Morgan fingerprint density at radius 2 is 2.11 bits per heavy atom. The van der Waals surface area contributed by atoms with Crippen LogP contribution < -0.4 is 4.90 Å². The minimum absolute atomic E-state index is 0.472. The van der Waals surface area contributed by atoms with Gasteiger partial charge in [0.05, 0.1) is 6.20 Å². The summed E-state index contributed by atoms with van der Waals surface area (Å²) in [6.45, 7) is 4.94. The van der Waals surface area contributed by atoms with E-state index in [2.05, 4.69) is 19.8 Å². The van der Waals surface area contributed by atoms with Crippen LogP contribution in [-0.2, 0) is 0 Å². The van der Waals surface area contributed by atoms with Gasteiger partial charge in [0.1, 0.15) is 5.82 Å². The molecule has 1 atom stereocenters. The first-order valence-corrected chi connectivity index (χ1v) is 7.12. The minimum Gasteiger partial charge on any atom is -0.353 e. The lowest BCUT2D eigenvalue weighted by atomic mass is 9.83. The summed E-state index contributed by atoms with van der Waals surface area (Å²) < 4.78 is 0. The van der Waals surface area contributed by atoms with E-state index in [1.165, 1.54) is 38.8 Å². The summed E-state index contributed by atoms with van der Waals surface area (Å²) in [6, 6.07) is 0. The van der Waals surface area contributed by atoms with Crippen molar-refractivity contribution in [3.05, 3.63) is 18.6 Å². The average Bonchev–Trinajstić information content (AvgIpc) is 3.11. The van der Waals surface area contributed by atoms with E-state index < -0.39 is 0 Å². The van der Waals surface area contributed by atoms with Gasteiger partial charge in [-0.1, -0.05) is 0 Å². The van der Waals surface area contributed by atoms with Gasteiger partial charge in [-0.05, 0) is 31.6 Å². The van der Waals surface area contributed by atoms with Crippen molar-refractivity contribution in [1.29, 1.82) is 0 Å². The molecule has 3 fully saturated rings. The largest absolute Gasteiger partial charge is 0.353 e. The molecule has 3 aliphatic rings. The van der Waals surface area contributed by atoms with Crippen LogP contribution in [0.4, 0.5) is 5.82 Å². The Bertz CT molecular complexity index is 431. The van der Waals surface area contributed by atoms with E-state index in [1.807, 2.05) is 6.20 Å². The maximum atomic E-state index is 4.43. The van der Waals surface area contributed by atoms with Crippen molar-refractivity contribution in [3.63, 3.8) is 0 Å². The van der Waals surface area contributed by atoms with E-state index in [0.29, 0.717) is 5.54 Å². The van der Waals surface area contributed by atoms with Crippen LogP contribution in [0.15, 0.2) is 18.6 Å². The summed E-state index contributed by atoms with van der Waals surface area (Å²) in [4.78, 5) is 13.8. The molecule has 4 heteroatoms. The molecule has 0 N–H and O–H groups in total. The molecule has 18 heavy (non-hydrogen) atoms. The average molecular weight is 244 g/mol. The third-order valence-corrected chi connectivity index (χ3v) is 4.90. The van der Waals surface area contributed by atoms with Crippen LogP contribution in [0.3, 0.4) is 0 Å². The fourth-order valence-corrected chi connectivity index (χ4v) is 3.45. The lowest BCUT2D eigenvalue weighted by Crippen LogP contribution is -2.61. The molecule has 1 aliphatic carbocycles. The molecule has 0 radical (unpaired) electrons. The highest BCUT2D eigenvalue weighted by atomic mass is 15.3. The second kappa shape index (κ2) is 3.92. The Kier molecular flexibility index (Phi) is 2.34. The summed E-state index contributed by atoms with van der Waals surface area (Å²) in [6.07, 6.45) is 11.0. The number of aromatic nitrogens is 2. The van der Waals surface area contributed by atoms with Crippen molar-refractivity contribution in [2.24, 2.45) is 5.92 Å². The topological polar surface area (TPSA) is 32.3 Å². The molecule has 1 spiro atoms. The maximum absolute atomic E-state index is 4.43. The van der Waals surface area contributed by atoms with Crippen LogP contribution in [0, 0.1) is 5.92 Å². The molecule has 0 amide bonds. The molecule has 1 unspecified atom stereocenters. The first-order valence-electron chi connectivity index (χ1n) is 7.12. The fourth-order valence-electron chi connectivity index (χ4n) is 3.45. The van der Waals surface area contributed by atoms with Crippen molar-refractivity contribution >= 4 is 5.82 Å². The molecule has 1 aromatic rings. The summed E-state index contributed by atoms with van der Waals surface area (Å²) in [7, 11) is 0. The van der Waals surface area contributed by atoms with Crippen molar-refractivity contribution in [2.75, 3.05) is 31.1 Å². The van der Waals surface area contributed by atoms with Crippen molar-refractivity contribution in [1.82, 2.24) is 14.9 Å². The minimum atomic E-state index is 0.472. The second-order valence-electron chi connectivity index (χ2n) is 6.10. The monoisotopic (exact) mass is 244 g/mol. The lowest BCUT2D eigenvalue weighted by molar-refractivity contribution is -0.000855. The fraction of sp³-hybridized carbons (Fsp3) is 0.714. The zero-order valence-electron chi connectivity index (χ0n) is 10.8. The van der Waals surface area contributed by atoms with Gasteiger partial charge in [0.25, 0.3) is 0 Å². The molecule has 0 bridgehead atoms. The summed E-state index contributed by atoms with van der Waals surface area (Å²) >= 11 is 0. The highest BCUT2D eigenvalue weighted by Crippen LogP contribution is 2.43. The van der Waals surface area contributed by atoms with E-state index in [1.54, 1.807) is 12.4 Å². The number of hydrogen-bond donors (Lipinski definition) is 0. The Hall–Kier alpha value is -1.16. The Labute approximate surface area is 108 Å². The van der Waals surface area contributed by atoms with Gasteiger partial charge in [-0.25, -0.2) is 4.98 Å². The molecule has 3 heterocycles. The molecule has 2 aliphatic heterocycles. The molecule has 2 saturated heterocycles. The lowest BCUT2D eigenvalue weighted by Gasteiger charge is -2.51. The van der Waals surface area contributed by atoms with Crippen molar-refractivity contribution in [3.8, 4) is 0 Å². The summed E-state index contributed by atoms with van der Waals surface area (Å²) in [5, 5.41) is 0. The molecule has 1 saturated carbocycles. The molecular weight excluding hydrogens is 224 g/mol. The Morgan fingerprint density at radius 1 is 1.22 bits per heavy atom. The van der Waals surface area contributed by atoms with Gasteiger partial charge in [0, 0.05) is 44.1 Å². The predicted octanol–water partition coefficient (Wildman–Crippen LogP) is 1.54. The SMILES string of the molecule is c1cnc(N2CCC3(CCN3CC3CC3)C2)cn1. The maximum Gasteiger partial charge on any atom is 0.147 e. The number of nitrogens with zero attached hydrogens (tertiary/aromatic N) is 4. The number of anilines is 1. The van der Waals surface area contributed by atoms with Gasteiger partial charge < -0.3 is 4.90 Å². The Balaban J connectivity index is 1.46. The van der Waals surface area contributed by atoms with E-state index in [0.717, 1.165) is 24.8 Å². The normalized spacial score (nSPS) is 31.9. The van der Waals surface area contributed by atoms with Crippen LogP contribution in [0.25, 0.3) is 0 Å². The molecule has 4 rings (SSSR count). The first-order chi connectivity index (χ1) is 8.86. The number of likely N-dealkylation sites (tertiary alicyclic amines) is 1. The van der Waals surface area contributed by atoms with E-state index >= 15 is 0 Å². The predicted molar refractivity (Wildman–Crippen MR) is 70.5 cm³/mol. The highest BCUT2D eigenvalue weighted by molar-refractivity contribution is 5.39. The van der Waals surface area contributed by atoms with Crippen LogP contribution in [0.1, 0.15) is 25.7 Å². The molecule has 96 valence electrons. The third-order valence-electron chi connectivity index (χ3n) is 4.90. The third kappa shape index (κ3) is 1.70. The van der Waals surface area contributed by atoms with E-state index in [-0.39, 0.29) is 0 Å². The molecular formula is C14H20N4. The molecule has 1 aromatic heterocycles. The Morgan fingerprint density at radius 3 is 2.78 bits per heavy atom. The van der Waals surface area contributed by atoms with Gasteiger partial charge in [-0.15, -0.1) is 0 Å². The molecule has 0 aromatic carbocycles. The van der Waals surface area contributed by atoms with Crippen LogP contribution in [0.5, 0.6) is 0 Å². The zero-order chi connectivity index (χ0) is 12.0. The molecule has 4 nitrogen and oxygen atoms in total. The van der Waals surface area contributed by atoms with Crippen molar-refractivity contribution in [2.45, 2.75) is 31.2 Å². The van der Waals surface area contributed by atoms with Gasteiger partial charge in [-0.3, -0.25) is 9.88 Å². The standard InChI is InChI=1S/C14H20N4/c1-2-12(1)10-18-8-4-14(18)3-7-17(11-14)13-9-15-5-6-16-13/h5-6,9,12H,1-4,7-8,10-11H2. The van der Waals surface area contributed by atoms with Gasteiger partial charge in [-0.2, -0.15) is 0 Å².